The third-order valence-electron chi connectivity index (χ3n) is 3.37. The first-order valence-corrected chi connectivity index (χ1v) is 5.18. The number of rotatable bonds is 0. The Kier molecular flexibility index (Phi) is 3.66. The lowest BCUT2D eigenvalue weighted by molar-refractivity contribution is 0.494. The minimum atomic E-state index is 0. The molecule has 0 radical (unpaired) electrons. The van der Waals surface area contributed by atoms with Crippen molar-refractivity contribution in [2.75, 3.05) is 0 Å². The first kappa shape index (κ1) is 10.9. The van der Waals surface area contributed by atoms with Crippen LogP contribution in [0.3, 0.4) is 0 Å². The van der Waals surface area contributed by atoms with Crippen molar-refractivity contribution in [3.8, 4) is 0 Å². The molecule has 13 heavy (non-hydrogen) atoms. The Morgan fingerprint density at radius 3 is 2.69 bits per heavy atom. The van der Waals surface area contributed by atoms with Crippen molar-refractivity contribution in [3.63, 3.8) is 0 Å². The summed E-state index contributed by atoms with van der Waals surface area (Å²) in [5, 5.41) is 0. The van der Waals surface area contributed by atoms with Crippen LogP contribution in [0.25, 0.3) is 0 Å². The molecular formula is C12H20S. The lowest BCUT2D eigenvalue weighted by atomic mass is 9.75. The fourth-order valence-electron chi connectivity index (χ4n) is 2.56. The van der Waals surface area contributed by atoms with Crippen LogP contribution < -0.4 is 0 Å². The average Bonchev–Trinajstić information content (AvgIpc) is 2.07. The second-order valence-electron chi connectivity index (χ2n) is 4.31. The van der Waals surface area contributed by atoms with E-state index in [-0.39, 0.29) is 13.5 Å². The van der Waals surface area contributed by atoms with Crippen molar-refractivity contribution in [1.82, 2.24) is 0 Å². The van der Waals surface area contributed by atoms with E-state index in [0.29, 0.717) is 0 Å². The molecule has 2 unspecified atom stereocenters. The van der Waals surface area contributed by atoms with Crippen LogP contribution in [0.15, 0.2) is 23.3 Å². The van der Waals surface area contributed by atoms with Gasteiger partial charge in [0.05, 0.1) is 0 Å². The molecule has 0 saturated heterocycles. The molecule has 0 nitrogen and oxygen atoms in total. The van der Waals surface area contributed by atoms with Crippen molar-refractivity contribution in [1.29, 1.82) is 0 Å². The Morgan fingerprint density at radius 2 is 2.00 bits per heavy atom. The molecule has 2 rings (SSSR count). The molecule has 0 saturated carbocycles. The molecule has 0 bridgehead atoms. The van der Waals surface area contributed by atoms with Crippen molar-refractivity contribution < 1.29 is 0 Å². The van der Waals surface area contributed by atoms with Gasteiger partial charge in [-0.3, -0.25) is 0 Å². The summed E-state index contributed by atoms with van der Waals surface area (Å²) in [7, 11) is 0. The zero-order valence-corrected chi connectivity index (χ0v) is 9.64. The van der Waals surface area contributed by atoms with E-state index in [4.69, 9.17) is 0 Å². The summed E-state index contributed by atoms with van der Waals surface area (Å²) < 4.78 is 0. The second kappa shape index (κ2) is 4.36. The maximum Gasteiger partial charge on any atom is -0.0191 e. The molecule has 0 N–H and O–H groups in total. The van der Waals surface area contributed by atoms with Crippen LogP contribution in [-0.2, 0) is 0 Å². The van der Waals surface area contributed by atoms with E-state index in [2.05, 4.69) is 26.0 Å². The highest BCUT2D eigenvalue weighted by atomic mass is 32.1. The molecule has 0 aromatic carbocycles. The third-order valence-corrected chi connectivity index (χ3v) is 3.37. The summed E-state index contributed by atoms with van der Waals surface area (Å²) in [5.74, 6) is 1.65. The highest BCUT2D eigenvalue weighted by Crippen LogP contribution is 2.38. The van der Waals surface area contributed by atoms with E-state index < -0.39 is 0 Å². The van der Waals surface area contributed by atoms with Crippen LogP contribution in [0.5, 0.6) is 0 Å². The zero-order valence-electron chi connectivity index (χ0n) is 8.64. The highest BCUT2D eigenvalue weighted by molar-refractivity contribution is 7.59. The molecule has 2 aliphatic rings. The van der Waals surface area contributed by atoms with Gasteiger partial charge in [0, 0.05) is 0 Å². The summed E-state index contributed by atoms with van der Waals surface area (Å²) in [6.45, 7) is 4.74. The zero-order chi connectivity index (χ0) is 8.55. The van der Waals surface area contributed by atoms with Gasteiger partial charge in [-0.05, 0) is 43.1 Å². The van der Waals surface area contributed by atoms with Gasteiger partial charge >= 0.3 is 0 Å². The molecule has 0 aliphatic heterocycles. The van der Waals surface area contributed by atoms with Crippen molar-refractivity contribution in [2.45, 2.75) is 39.5 Å². The fraction of sp³-hybridized carbons (Fsp3) is 0.667. The lowest BCUT2D eigenvalue weighted by Crippen LogP contribution is -2.15. The van der Waals surface area contributed by atoms with Gasteiger partial charge in [-0.2, -0.15) is 13.5 Å². The van der Waals surface area contributed by atoms with Crippen molar-refractivity contribution >= 4 is 13.5 Å². The highest BCUT2D eigenvalue weighted by Gasteiger charge is 2.22. The van der Waals surface area contributed by atoms with Gasteiger partial charge in [0.2, 0.25) is 0 Å². The summed E-state index contributed by atoms with van der Waals surface area (Å²) >= 11 is 0. The molecule has 74 valence electrons. The molecule has 0 heterocycles. The number of hydrogen-bond acceptors (Lipinski definition) is 0. The van der Waals surface area contributed by atoms with Crippen LogP contribution in [-0.4, -0.2) is 0 Å². The lowest BCUT2D eigenvalue weighted by Gasteiger charge is -2.30. The van der Waals surface area contributed by atoms with Crippen molar-refractivity contribution in [2.24, 2.45) is 11.8 Å². The molecule has 0 spiro atoms. The predicted molar refractivity (Wildman–Crippen MR) is 63.3 cm³/mol. The van der Waals surface area contributed by atoms with Crippen LogP contribution in [0, 0.1) is 11.8 Å². The van der Waals surface area contributed by atoms with Gasteiger partial charge in [-0.25, -0.2) is 0 Å². The predicted octanol–water partition coefficient (Wildman–Crippen LogP) is 3.81. The van der Waals surface area contributed by atoms with Crippen LogP contribution in [0.1, 0.15) is 39.5 Å². The van der Waals surface area contributed by atoms with E-state index in [9.17, 15) is 0 Å². The van der Waals surface area contributed by atoms with Gasteiger partial charge in [-0.15, -0.1) is 0 Å². The fourth-order valence-corrected chi connectivity index (χ4v) is 2.56. The van der Waals surface area contributed by atoms with E-state index in [1.807, 2.05) is 0 Å². The van der Waals surface area contributed by atoms with E-state index in [1.54, 1.807) is 11.1 Å². The summed E-state index contributed by atoms with van der Waals surface area (Å²) in [6.07, 6.45) is 10.2. The Balaban J connectivity index is 0.000000845. The standard InChI is InChI=1S/C12H18.H2S/c1-9-5-3-8-12-10(2)6-4-7-11(9)12;/h3,8-10H,4-7H2,1-2H3;1H2. The molecule has 0 aromatic heterocycles. The largest absolute Gasteiger partial charge is 0.197 e. The SMILES string of the molecule is CC1CCCC2=C1C=CCC2C.S. The Hall–Kier alpha value is -0.170. The maximum absolute atomic E-state index is 2.37. The average molecular weight is 196 g/mol. The normalized spacial score (nSPS) is 32.5. The number of allylic oxidation sites excluding steroid dienone is 4. The summed E-state index contributed by atoms with van der Waals surface area (Å²) in [5.41, 5.74) is 3.43. The van der Waals surface area contributed by atoms with Crippen molar-refractivity contribution in [3.05, 3.63) is 23.3 Å². The Morgan fingerprint density at radius 1 is 1.23 bits per heavy atom. The molecule has 2 aliphatic carbocycles. The van der Waals surface area contributed by atoms with Gasteiger partial charge in [0.15, 0.2) is 0 Å². The molecular weight excluding hydrogens is 176 g/mol. The van der Waals surface area contributed by atoms with Crippen LogP contribution >= 0.6 is 13.5 Å². The topological polar surface area (TPSA) is 0 Å². The second-order valence-corrected chi connectivity index (χ2v) is 4.31. The Bertz CT molecular complexity index is 238. The monoisotopic (exact) mass is 196 g/mol. The van der Waals surface area contributed by atoms with E-state index in [0.717, 1.165) is 11.8 Å². The first-order chi connectivity index (χ1) is 5.79. The van der Waals surface area contributed by atoms with Crippen LogP contribution in [0.2, 0.25) is 0 Å². The van der Waals surface area contributed by atoms with E-state index >= 15 is 0 Å². The smallest absolute Gasteiger partial charge is 0.0191 e. The summed E-state index contributed by atoms with van der Waals surface area (Å²) in [4.78, 5) is 0. The molecule has 0 aromatic rings. The van der Waals surface area contributed by atoms with Gasteiger partial charge in [0.1, 0.15) is 0 Å². The number of hydrogen-bond donors (Lipinski definition) is 0. The molecule has 0 amide bonds. The molecule has 0 fully saturated rings. The summed E-state index contributed by atoms with van der Waals surface area (Å²) in [6, 6.07) is 0. The van der Waals surface area contributed by atoms with Gasteiger partial charge < -0.3 is 0 Å². The molecule has 2 atom stereocenters. The quantitative estimate of drug-likeness (QED) is 0.552. The molecule has 1 heteroatoms. The van der Waals surface area contributed by atoms with Gasteiger partial charge in [-0.1, -0.05) is 31.6 Å². The minimum Gasteiger partial charge on any atom is -0.197 e. The van der Waals surface area contributed by atoms with Gasteiger partial charge in [0.25, 0.3) is 0 Å². The Labute approximate surface area is 88.6 Å². The van der Waals surface area contributed by atoms with Crippen LogP contribution in [0.4, 0.5) is 0 Å². The third kappa shape index (κ3) is 2.01. The maximum atomic E-state index is 2.37. The minimum absolute atomic E-state index is 0. The van der Waals surface area contributed by atoms with E-state index in [1.165, 1.54) is 25.7 Å². The first-order valence-electron chi connectivity index (χ1n) is 5.18.